The van der Waals surface area contributed by atoms with E-state index in [1.807, 2.05) is 6.07 Å². The summed E-state index contributed by atoms with van der Waals surface area (Å²) in [6.07, 6.45) is 4.74. The maximum absolute atomic E-state index is 12.5. The molecular formula is C21H18N6O4S. The summed E-state index contributed by atoms with van der Waals surface area (Å²) in [4.78, 5) is 25.0. The summed E-state index contributed by atoms with van der Waals surface area (Å²) in [5.41, 5.74) is 0.464. The minimum atomic E-state index is -0.609. The molecule has 0 atom stereocenters. The molecular weight excluding hydrogens is 432 g/mol. The van der Waals surface area contributed by atoms with Gasteiger partial charge in [-0.3, -0.25) is 20.2 Å². The number of nitro benzene ring substituents is 1. The van der Waals surface area contributed by atoms with E-state index in [0.717, 1.165) is 31.1 Å². The largest absolute Gasteiger partial charge is 0.457 e. The zero-order valence-electron chi connectivity index (χ0n) is 16.9. The third-order valence-electron chi connectivity index (χ3n) is 4.90. The highest BCUT2D eigenvalue weighted by molar-refractivity contribution is 7.19. The van der Waals surface area contributed by atoms with E-state index >= 15 is 0 Å². The monoisotopic (exact) mass is 450 g/mol. The van der Waals surface area contributed by atoms with E-state index in [1.165, 1.54) is 36.0 Å². The molecule has 1 amide bonds. The van der Waals surface area contributed by atoms with Crippen molar-refractivity contribution < 1.29 is 14.1 Å². The summed E-state index contributed by atoms with van der Waals surface area (Å²) in [5, 5.41) is 32.0. The van der Waals surface area contributed by atoms with E-state index in [9.17, 15) is 20.2 Å². The second-order valence-corrected chi connectivity index (χ2v) is 8.02. The highest BCUT2D eigenvalue weighted by Gasteiger charge is 2.18. The quantitative estimate of drug-likeness (QED) is 0.255. The van der Waals surface area contributed by atoms with Crippen molar-refractivity contribution in [3.63, 3.8) is 0 Å². The lowest BCUT2D eigenvalue weighted by Crippen LogP contribution is -2.29. The molecule has 32 heavy (non-hydrogen) atoms. The van der Waals surface area contributed by atoms with Crippen LogP contribution in [-0.2, 0) is 4.79 Å². The minimum absolute atomic E-state index is 0.0241. The maximum atomic E-state index is 12.5. The molecule has 1 aromatic carbocycles. The van der Waals surface area contributed by atoms with Crippen molar-refractivity contribution in [3.05, 3.63) is 57.8 Å². The number of nitrogens with one attached hydrogen (secondary N) is 1. The number of hydrogen-bond donors (Lipinski definition) is 1. The summed E-state index contributed by atoms with van der Waals surface area (Å²) in [7, 11) is 0. The Balaban J connectivity index is 1.45. The normalized spacial score (nSPS) is 14.1. The molecule has 3 aromatic rings. The van der Waals surface area contributed by atoms with E-state index in [-0.39, 0.29) is 11.3 Å². The van der Waals surface area contributed by atoms with Gasteiger partial charge in [0.25, 0.3) is 11.6 Å². The van der Waals surface area contributed by atoms with E-state index in [4.69, 9.17) is 4.42 Å². The van der Waals surface area contributed by atoms with E-state index < -0.39 is 10.8 Å². The van der Waals surface area contributed by atoms with Crippen molar-refractivity contribution in [1.82, 2.24) is 10.2 Å². The zero-order valence-corrected chi connectivity index (χ0v) is 17.7. The Kier molecular flexibility index (Phi) is 6.23. The second kappa shape index (κ2) is 9.40. The Morgan fingerprint density at radius 2 is 1.94 bits per heavy atom. The van der Waals surface area contributed by atoms with Gasteiger partial charge in [-0.15, -0.1) is 10.2 Å². The van der Waals surface area contributed by atoms with E-state index in [1.54, 1.807) is 24.3 Å². The third-order valence-corrected chi connectivity index (χ3v) is 5.80. The van der Waals surface area contributed by atoms with Crippen LogP contribution in [0.3, 0.4) is 0 Å². The second-order valence-electron chi connectivity index (χ2n) is 7.07. The molecule has 1 saturated heterocycles. The van der Waals surface area contributed by atoms with E-state index in [0.29, 0.717) is 22.2 Å². The fraction of sp³-hybridized carbons (Fsp3) is 0.238. The van der Waals surface area contributed by atoms with Gasteiger partial charge in [0, 0.05) is 36.9 Å². The van der Waals surface area contributed by atoms with Crippen LogP contribution in [0.5, 0.6) is 0 Å². The van der Waals surface area contributed by atoms with Crippen molar-refractivity contribution >= 4 is 39.3 Å². The van der Waals surface area contributed by atoms with Crippen LogP contribution in [0.4, 0.5) is 16.0 Å². The molecule has 0 spiro atoms. The standard InChI is InChI=1S/C21H18N6O4S/c22-13-15(19(28)23-20-24-25-21(32-20)26-10-2-1-3-11-26)12-17-8-9-18(31-17)14-4-6-16(7-5-14)27(29)30/h4-9,12H,1-3,10-11H2,(H,23,24,28). The van der Waals surface area contributed by atoms with Gasteiger partial charge < -0.3 is 9.32 Å². The van der Waals surface area contributed by atoms with Crippen LogP contribution >= 0.6 is 11.3 Å². The van der Waals surface area contributed by atoms with Gasteiger partial charge in [-0.05, 0) is 43.5 Å². The van der Waals surface area contributed by atoms with Crippen LogP contribution in [0.15, 0.2) is 46.4 Å². The molecule has 1 aliphatic rings. The molecule has 1 fully saturated rings. The first kappa shape index (κ1) is 21.2. The smallest absolute Gasteiger partial charge is 0.269 e. The maximum Gasteiger partial charge on any atom is 0.269 e. The molecule has 1 aliphatic heterocycles. The number of non-ortho nitro benzene ring substituents is 1. The Labute approximate surface area is 186 Å². The molecule has 0 unspecified atom stereocenters. The lowest BCUT2D eigenvalue weighted by Gasteiger charge is -2.25. The third kappa shape index (κ3) is 4.81. The molecule has 1 N–H and O–H groups in total. The number of amides is 1. The first-order chi connectivity index (χ1) is 15.5. The predicted octanol–water partition coefficient (Wildman–Crippen LogP) is 4.24. The molecule has 0 radical (unpaired) electrons. The number of benzene rings is 1. The Hall–Kier alpha value is -4.04. The number of aromatic nitrogens is 2. The first-order valence-corrected chi connectivity index (χ1v) is 10.7. The summed E-state index contributed by atoms with van der Waals surface area (Å²) in [5.74, 6) is 0.151. The number of carbonyl (C=O) groups excluding carboxylic acids is 1. The summed E-state index contributed by atoms with van der Waals surface area (Å²) in [6, 6.07) is 11.0. The molecule has 3 heterocycles. The van der Waals surface area contributed by atoms with Crippen LogP contribution in [0, 0.1) is 21.4 Å². The molecule has 10 nitrogen and oxygen atoms in total. The molecule has 2 aromatic heterocycles. The number of furan rings is 1. The van der Waals surface area contributed by atoms with Crippen molar-refractivity contribution in [2.24, 2.45) is 0 Å². The first-order valence-electron chi connectivity index (χ1n) is 9.90. The van der Waals surface area contributed by atoms with Gasteiger partial charge in [0.05, 0.1) is 4.92 Å². The zero-order chi connectivity index (χ0) is 22.5. The number of rotatable bonds is 6. The van der Waals surface area contributed by atoms with Crippen LogP contribution in [-0.4, -0.2) is 34.1 Å². The number of hydrogen-bond acceptors (Lipinski definition) is 9. The van der Waals surface area contributed by atoms with Gasteiger partial charge in [0.2, 0.25) is 10.3 Å². The predicted molar refractivity (Wildman–Crippen MR) is 119 cm³/mol. The minimum Gasteiger partial charge on any atom is -0.457 e. The number of nitrogens with zero attached hydrogens (tertiary/aromatic N) is 5. The van der Waals surface area contributed by atoms with E-state index in [2.05, 4.69) is 20.4 Å². The average molecular weight is 450 g/mol. The summed E-state index contributed by atoms with van der Waals surface area (Å²) >= 11 is 1.27. The lowest BCUT2D eigenvalue weighted by molar-refractivity contribution is -0.384. The topological polar surface area (TPSA) is 138 Å². The van der Waals surface area contributed by atoms with Crippen LogP contribution in [0.2, 0.25) is 0 Å². The van der Waals surface area contributed by atoms with Crippen LogP contribution < -0.4 is 10.2 Å². The number of nitro groups is 1. The van der Waals surface area contributed by atoms with Gasteiger partial charge in [-0.25, -0.2) is 0 Å². The molecule has 162 valence electrons. The van der Waals surface area contributed by atoms with Crippen molar-refractivity contribution in [2.75, 3.05) is 23.3 Å². The molecule has 0 aliphatic carbocycles. The van der Waals surface area contributed by atoms with Gasteiger partial charge in [-0.1, -0.05) is 11.3 Å². The Bertz CT molecular complexity index is 1200. The molecule has 11 heteroatoms. The molecule has 4 rings (SSSR count). The highest BCUT2D eigenvalue weighted by atomic mass is 32.1. The Morgan fingerprint density at radius 3 is 2.62 bits per heavy atom. The van der Waals surface area contributed by atoms with Crippen molar-refractivity contribution in [1.29, 1.82) is 5.26 Å². The fourth-order valence-electron chi connectivity index (χ4n) is 3.27. The lowest BCUT2D eigenvalue weighted by atomic mass is 10.1. The Morgan fingerprint density at radius 1 is 1.19 bits per heavy atom. The van der Waals surface area contributed by atoms with Crippen LogP contribution in [0.1, 0.15) is 25.0 Å². The van der Waals surface area contributed by atoms with Gasteiger partial charge in [0.15, 0.2) is 0 Å². The van der Waals surface area contributed by atoms with Gasteiger partial charge in [-0.2, -0.15) is 5.26 Å². The van der Waals surface area contributed by atoms with Gasteiger partial charge in [0.1, 0.15) is 23.2 Å². The highest BCUT2D eigenvalue weighted by Crippen LogP contribution is 2.28. The number of anilines is 2. The molecule has 0 saturated carbocycles. The average Bonchev–Trinajstić information content (AvgIpc) is 3.48. The summed E-state index contributed by atoms with van der Waals surface area (Å²) in [6.45, 7) is 1.84. The van der Waals surface area contributed by atoms with Crippen LogP contribution in [0.25, 0.3) is 17.4 Å². The fourth-order valence-corrected chi connectivity index (χ4v) is 4.06. The van der Waals surface area contributed by atoms with Crippen molar-refractivity contribution in [2.45, 2.75) is 19.3 Å². The SMILES string of the molecule is N#CC(=Cc1ccc(-c2ccc([N+](=O)[O-])cc2)o1)C(=O)Nc1nnc(N2CCCCC2)s1. The van der Waals surface area contributed by atoms with Crippen molar-refractivity contribution in [3.8, 4) is 17.4 Å². The molecule has 0 bridgehead atoms. The number of carbonyl (C=O) groups is 1. The van der Waals surface area contributed by atoms with Gasteiger partial charge >= 0.3 is 0 Å². The number of piperidine rings is 1. The number of nitriles is 1. The summed E-state index contributed by atoms with van der Waals surface area (Å²) < 4.78 is 5.68.